The Balaban J connectivity index is 2.13. The van der Waals surface area contributed by atoms with Crippen LogP contribution in [0.4, 0.5) is 13.2 Å². The molecule has 0 amide bonds. The molecule has 8 heteroatoms. The predicted octanol–water partition coefficient (Wildman–Crippen LogP) is 4.03. The lowest BCUT2D eigenvalue weighted by atomic mass is 10.1. The first-order chi connectivity index (χ1) is 12.0. The number of hydrogen-bond acceptors (Lipinski definition) is 3. The summed E-state index contributed by atoms with van der Waals surface area (Å²) in [7, 11) is -3.77. The summed E-state index contributed by atoms with van der Waals surface area (Å²) in [6.07, 6.45) is -4.73. The van der Waals surface area contributed by atoms with Gasteiger partial charge in [-0.05, 0) is 49.9 Å². The van der Waals surface area contributed by atoms with E-state index in [-0.39, 0.29) is 29.2 Å². The number of rotatable bonds is 6. The summed E-state index contributed by atoms with van der Waals surface area (Å²) >= 11 is 0. The fourth-order valence-electron chi connectivity index (χ4n) is 2.92. The molecule has 0 saturated heterocycles. The van der Waals surface area contributed by atoms with Crippen LogP contribution in [0.3, 0.4) is 0 Å². The van der Waals surface area contributed by atoms with Crippen LogP contribution < -0.4 is 9.46 Å². The molecular weight excluding hydrogens is 367 g/mol. The molecule has 0 aliphatic rings. The van der Waals surface area contributed by atoms with Crippen molar-refractivity contribution in [3.63, 3.8) is 0 Å². The Bertz CT molecular complexity index is 870. The van der Waals surface area contributed by atoms with Crippen LogP contribution in [0.15, 0.2) is 41.3 Å². The lowest BCUT2D eigenvalue weighted by Gasteiger charge is -2.15. The van der Waals surface area contributed by atoms with Gasteiger partial charge in [-0.2, -0.15) is 0 Å². The van der Waals surface area contributed by atoms with Gasteiger partial charge in [0.25, 0.3) is 0 Å². The number of hydrogen-bond donors (Lipinski definition) is 1. The van der Waals surface area contributed by atoms with Crippen molar-refractivity contribution in [2.75, 3.05) is 6.54 Å². The fraction of sp³-hybridized carbons (Fsp3) is 0.333. The molecule has 0 spiro atoms. The molecule has 0 saturated carbocycles. The summed E-state index contributed by atoms with van der Waals surface area (Å²) in [5.41, 5.74) is 2.47. The molecule has 0 heterocycles. The smallest absolute Gasteiger partial charge is 0.406 e. The molecule has 142 valence electrons. The fourth-order valence-corrected chi connectivity index (χ4v) is 4.40. The van der Waals surface area contributed by atoms with Crippen LogP contribution in [0.5, 0.6) is 5.75 Å². The zero-order chi connectivity index (χ0) is 19.5. The molecule has 0 aromatic heterocycles. The Hall–Kier alpha value is -2.06. The van der Waals surface area contributed by atoms with Gasteiger partial charge in [-0.3, -0.25) is 0 Å². The first-order valence-electron chi connectivity index (χ1n) is 7.91. The zero-order valence-electron chi connectivity index (χ0n) is 14.6. The first-order valence-corrected chi connectivity index (χ1v) is 9.39. The van der Waals surface area contributed by atoms with E-state index in [1.807, 2.05) is 6.92 Å². The third kappa shape index (κ3) is 5.22. The van der Waals surface area contributed by atoms with Crippen molar-refractivity contribution >= 4 is 10.0 Å². The van der Waals surface area contributed by atoms with E-state index in [1.165, 1.54) is 18.2 Å². The molecule has 0 aliphatic heterocycles. The second-order valence-electron chi connectivity index (χ2n) is 6.03. The third-order valence-electron chi connectivity index (χ3n) is 3.76. The van der Waals surface area contributed by atoms with Gasteiger partial charge in [-0.25, -0.2) is 13.1 Å². The Labute approximate surface area is 151 Å². The maximum absolute atomic E-state index is 12.6. The van der Waals surface area contributed by atoms with Gasteiger partial charge in [0.15, 0.2) is 0 Å². The van der Waals surface area contributed by atoms with E-state index < -0.39 is 16.4 Å². The highest BCUT2D eigenvalue weighted by atomic mass is 32.2. The predicted molar refractivity (Wildman–Crippen MR) is 92.7 cm³/mol. The number of para-hydroxylation sites is 1. The highest BCUT2D eigenvalue weighted by molar-refractivity contribution is 7.89. The number of halogens is 3. The van der Waals surface area contributed by atoms with Crippen LogP contribution in [0.1, 0.15) is 22.3 Å². The van der Waals surface area contributed by atoms with Crippen molar-refractivity contribution in [3.8, 4) is 5.75 Å². The SMILES string of the molecule is Cc1cc(C)c(S(=O)(=O)NCCc2ccccc2OC(F)(F)F)c(C)c1. The normalized spacial score (nSPS) is 12.2. The first kappa shape index (κ1) is 20.3. The van der Waals surface area contributed by atoms with Crippen molar-refractivity contribution in [2.45, 2.75) is 38.4 Å². The maximum atomic E-state index is 12.6. The van der Waals surface area contributed by atoms with Gasteiger partial charge in [-0.15, -0.1) is 13.2 Å². The Morgan fingerprint density at radius 3 is 2.19 bits per heavy atom. The molecule has 4 nitrogen and oxygen atoms in total. The minimum atomic E-state index is -4.80. The molecule has 0 radical (unpaired) electrons. The molecule has 0 bridgehead atoms. The van der Waals surface area contributed by atoms with Gasteiger partial charge in [-0.1, -0.05) is 35.9 Å². The number of sulfonamides is 1. The van der Waals surface area contributed by atoms with Crippen molar-refractivity contribution in [3.05, 3.63) is 58.7 Å². The third-order valence-corrected chi connectivity index (χ3v) is 5.52. The molecule has 0 atom stereocenters. The highest BCUT2D eigenvalue weighted by Crippen LogP contribution is 2.26. The second-order valence-corrected chi connectivity index (χ2v) is 7.73. The van der Waals surface area contributed by atoms with Crippen molar-refractivity contribution in [1.82, 2.24) is 4.72 Å². The molecule has 2 rings (SSSR count). The standard InChI is InChI=1S/C18H20F3NO3S/c1-12-10-13(2)17(14(3)11-12)26(23,24)22-9-8-15-6-4-5-7-16(15)25-18(19,20)21/h4-7,10-11,22H,8-9H2,1-3H3. The molecular formula is C18H20F3NO3S. The van der Waals surface area contributed by atoms with Gasteiger partial charge >= 0.3 is 6.36 Å². The van der Waals surface area contributed by atoms with E-state index in [4.69, 9.17) is 0 Å². The minimum absolute atomic E-state index is 0.0483. The van der Waals surface area contributed by atoms with Gasteiger partial charge < -0.3 is 4.74 Å². The molecule has 0 unspecified atom stereocenters. The summed E-state index contributed by atoms with van der Waals surface area (Å²) in [6, 6.07) is 9.21. The zero-order valence-corrected chi connectivity index (χ0v) is 15.5. The summed E-state index contributed by atoms with van der Waals surface area (Å²) in [6.45, 7) is 5.25. The number of alkyl halides is 3. The largest absolute Gasteiger partial charge is 0.573 e. The van der Waals surface area contributed by atoms with Gasteiger partial charge in [0, 0.05) is 6.54 Å². The van der Waals surface area contributed by atoms with Crippen LogP contribution in [0.25, 0.3) is 0 Å². The molecule has 0 fully saturated rings. The minimum Gasteiger partial charge on any atom is -0.406 e. The van der Waals surface area contributed by atoms with E-state index in [0.29, 0.717) is 11.1 Å². The quantitative estimate of drug-likeness (QED) is 0.814. The molecule has 2 aromatic carbocycles. The van der Waals surface area contributed by atoms with E-state index in [2.05, 4.69) is 9.46 Å². The monoisotopic (exact) mass is 387 g/mol. The lowest BCUT2D eigenvalue weighted by Crippen LogP contribution is -2.27. The van der Waals surface area contributed by atoms with Crippen molar-refractivity contribution < 1.29 is 26.3 Å². The van der Waals surface area contributed by atoms with Gasteiger partial charge in [0.05, 0.1) is 4.90 Å². The van der Waals surface area contributed by atoms with Gasteiger partial charge in [0.1, 0.15) is 5.75 Å². The number of benzene rings is 2. The van der Waals surface area contributed by atoms with Crippen LogP contribution in [-0.2, 0) is 16.4 Å². The van der Waals surface area contributed by atoms with Crippen molar-refractivity contribution in [1.29, 1.82) is 0 Å². The van der Waals surface area contributed by atoms with Crippen molar-refractivity contribution in [2.24, 2.45) is 0 Å². The Morgan fingerprint density at radius 2 is 1.62 bits per heavy atom. The van der Waals surface area contributed by atoms with E-state index in [9.17, 15) is 21.6 Å². The molecule has 2 aromatic rings. The average molecular weight is 387 g/mol. The van der Waals surface area contributed by atoms with Gasteiger partial charge in [0.2, 0.25) is 10.0 Å². The Kier molecular flexibility index (Phi) is 5.98. The van der Waals surface area contributed by atoms with E-state index in [0.717, 1.165) is 5.56 Å². The van der Waals surface area contributed by atoms with Crippen LogP contribution in [-0.4, -0.2) is 21.3 Å². The molecule has 0 aliphatic carbocycles. The summed E-state index contributed by atoms with van der Waals surface area (Å²) in [5, 5.41) is 0. The highest BCUT2D eigenvalue weighted by Gasteiger charge is 2.32. The second kappa shape index (κ2) is 7.67. The van der Waals surface area contributed by atoms with Crippen LogP contribution in [0, 0.1) is 20.8 Å². The number of nitrogens with one attached hydrogen (secondary N) is 1. The maximum Gasteiger partial charge on any atom is 0.573 e. The summed E-state index contributed by atoms with van der Waals surface area (Å²) in [5.74, 6) is -0.332. The van der Waals surface area contributed by atoms with Crippen LogP contribution >= 0.6 is 0 Å². The number of aryl methyl sites for hydroxylation is 3. The lowest BCUT2D eigenvalue weighted by molar-refractivity contribution is -0.274. The molecule has 26 heavy (non-hydrogen) atoms. The van der Waals surface area contributed by atoms with E-state index >= 15 is 0 Å². The Morgan fingerprint density at radius 1 is 1.04 bits per heavy atom. The average Bonchev–Trinajstić information content (AvgIpc) is 2.45. The summed E-state index contributed by atoms with van der Waals surface area (Å²) in [4.78, 5) is 0.197. The number of ether oxygens (including phenoxy) is 1. The van der Waals surface area contributed by atoms with E-state index in [1.54, 1.807) is 32.0 Å². The van der Waals surface area contributed by atoms with Crippen LogP contribution in [0.2, 0.25) is 0 Å². The molecule has 1 N–H and O–H groups in total. The topological polar surface area (TPSA) is 55.4 Å². The summed E-state index contributed by atoms with van der Waals surface area (Å²) < 4.78 is 68.9.